The predicted molar refractivity (Wildman–Crippen MR) is 122 cm³/mol. The zero-order valence-corrected chi connectivity index (χ0v) is 18.2. The van der Waals surface area contributed by atoms with Crippen LogP contribution in [-0.4, -0.2) is 57.5 Å². The molecule has 0 amide bonds. The zero-order chi connectivity index (χ0) is 20.3. The molecule has 0 saturated carbocycles. The molecule has 154 valence electrons. The van der Waals surface area contributed by atoms with Crippen LogP contribution in [0.15, 0.2) is 53.4 Å². The maximum Gasteiger partial charge on any atom is 0.141 e. The van der Waals surface area contributed by atoms with Gasteiger partial charge in [-0.3, -0.25) is 9.58 Å². The van der Waals surface area contributed by atoms with Gasteiger partial charge in [0.25, 0.3) is 0 Å². The molecule has 0 aliphatic carbocycles. The van der Waals surface area contributed by atoms with Crippen LogP contribution in [0.5, 0.6) is 0 Å². The van der Waals surface area contributed by atoms with Crippen LogP contribution in [-0.2, 0) is 11.3 Å². The van der Waals surface area contributed by atoms with Gasteiger partial charge in [0.05, 0.1) is 30.4 Å². The summed E-state index contributed by atoms with van der Waals surface area (Å²) >= 11 is 3.51. The molecule has 0 unspecified atom stereocenters. The summed E-state index contributed by atoms with van der Waals surface area (Å²) < 4.78 is 8.53. The van der Waals surface area contributed by atoms with Crippen molar-refractivity contribution < 1.29 is 4.74 Å². The van der Waals surface area contributed by atoms with E-state index in [4.69, 9.17) is 4.74 Å². The van der Waals surface area contributed by atoms with E-state index in [1.54, 1.807) is 6.33 Å². The van der Waals surface area contributed by atoms with Crippen LogP contribution in [0.4, 0.5) is 11.5 Å². The van der Waals surface area contributed by atoms with E-state index in [1.807, 2.05) is 30.5 Å². The third-order valence-corrected chi connectivity index (χ3v) is 5.93. The minimum Gasteiger partial charge on any atom is -0.379 e. The number of nitrogens with one attached hydrogen (secondary N) is 1. The fourth-order valence-electron chi connectivity index (χ4n) is 3.88. The van der Waals surface area contributed by atoms with E-state index >= 15 is 0 Å². The minimum absolute atomic E-state index is 0.792. The van der Waals surface area contributed by atoms with Gasteiger partial charge in [0, 0.05) is 47.1 Å². The van der Waals surface area contributed by atoms with Crippen molar-refractivity contribution >= 4 is 49.2 Å². The molecule has 1 fully saturated rings. The van der Waals surface area contributed by atoms with E-state index in [1.165, 1.54) is 0 Å². The van der Waals surface area contributed by atoms with Crippen molar-refractivity contribution in [2.75, 3.05) is 38.2 Å². The topological polar surface area (TPSA) is 68.1 Å². The van der Waals surface area contributed by atoms with E-state index in [-0.39, 0.29) is 0 Å². The van der Waals surface area contributed by atoms with Gasteiger partial charge in [-0.15, -0.1) is 0 Å². The van der Waals surface area contributed by atoms with E-state index in [0.717, 1.165) is 83.6 Å². The molecule has 2 aromatic carbocycles. The number of hydrogen-bond donors (Lipinski definition) is 1. The summed E-state index contributed by atoms with van der Waals surface area (Å²) in [7, 11) is 0. The Morgan fingerprint density at radius 2 is 1.97 bits per heavy atom. The number of ether oxygens (including phenoxy) is 1. The Balaban J connectivity index is 1.38. The lowest BCUT2D eigenvalue weighted by Gasteiger charge is -2.26. The Morgan fingerprint density at radius 3 is 2.83 bits per heavy atom. The van der Waals surface area contributed by atoms with Crippen LogP contribution in [0, 0.1) is 0 Å². The highest BCUT2D eigenvalue weighted by Gasteiger charge is 2.12. The normalized spacial score (nSPS) is 15.1. The molecule has 7 nitrogen and oxygen atoms in total. The molecule has 8 heteroatoms. The third-order valence-electron chi connectivity index (χ3n) is 5.43. The molecule has 0 atom stereocenters. The predicted octanol–water partition coefficient (Wildman–Crippen LogP) is 4.21. The molecule has 1 aliphatic heterocycles. The van der Waals surface area contributed by atoms with E-state index in [0.29, 0.717) is 0 Å². The summed E-state index contributed by atoms with van der Waals surface area (Å²) in [5, 5.41) is 10.1. The molecule has 1 aliphatic rings. The second kappa shape index (κ2) is 8.67. The highest BCUT2D eigenvalue weighted by molar-refractivity contribution is 9.10. The molecule has 30 heavy (non-hydrogen) atoms. The molecule has 0 radical (unpaired) electrons. The maximum atomic E-state index is 5.42. The lowest BCUT2D eigenvalue weighted by atomic mass is 10.1. The van der Waals surface area contributed by atoms with Gasteiger partial charge < -0.3 is 10.1 Å². The summed E-state index contributed by atoms with van der Waals surface area (Å²) in [5.74, 6) is 0.792. The molecule has 4 aromatic rings. The van der Waals surface area contributed by atoms with Crippen molar-refractivity contribution in [2.45, 2.75) is 13.0 Å². The van der Waals surface area contributed by atoms with Crippen molar-refractivity contribution in [1.82, 2.24) is 24.6 Å². The van der Waals surface area contributed by atoms with Crippen LogP contribution in [0.1, 0.15) is 6.42 Å². The molecule has 3 heterocycles. The molecule has 0 spiro atoms. The van der Waals surface area contributed by atoms with E-state index in [2.05, 4.69) is 58.0 Å². The van der Waals surface area contributed by atoms with Gasteiger partial charge in [0.1, 0.15) is 12.1 Å². The van der Waals surface area contributed by atoms with Gasteiger partial charge in [-0.25, -0.2) is 9.97 Å². The first kappa shape index (κ1) is 19.4. The minimum atomic E-state index is 0.792. The standard InChI is InChI=1S/C22H23BrN6O/c23-17-3-1-4-18(12-17)27-22-19-11-16-14-26-29(21(16)13-20(19)24-15-25-22)6-2-5-28-7-9-30-10-8-28/h1,3-4,11-15H,2,5-10H2,(H,24,25,27). The van der Waals surface area contributed by atoms with Crippen LogP contribution < -0.4 is 5.32 Å². The Labute approximate surface area is 183 Å². The van der Waals surface area contributed by atoms with Gasteiger partial charge in [-0.1, -0.05) is 22.0 Å². The van der Waals surface area contributed by atoms with Crippen LogP contribution >= 0.6 is 15.9 Å². The number of benzene rings is 2. The number of fused-ring (bicyclic) bond motifs is 2. The van der Waals surface area contributed by atoms with Crippen LogP contribution in [0.2, 0.25) is 0 Å². The number of nitrogens with zero attached hydrogens (tertiary/aromatic N) is 5. The molecule has 2 aromatic heterocycles. The number of anilines is 2. The van der Waals surface area contributed by atoms with Crippen LogP contribution in [0.25, 0.3) is 21.8 Å². The van der Waals surface area contributed by atoms with Crippen molar-refractivity contribution in [1.29, 1.82) is 0 Å². The summed E-state index contributed by atoms with van der Waals surface area (Å²) in [6.07, 6.45) is 4.60. The highest BCUT2D eigenvalue weighted by atomic mass is 79.9. The largest absolute Gasteiger partial charge is 0.379 e. The van der Waals surface area contributed by atoms with Gasteiger partial charge in [0.2, 0.25) is 0 Å². The SMILES string of the molecule is Brc1cccc(Nc2ncnc3cc4c(cnn4CCCN4CCOCC4)cc23)c1. The average molecular weight is 467 g/mol. The van der Waals surface area contributed by atoms with Gasteiger partial charge in [0.15, 0.2) is 0 Å². The highest BCUT2D eigenvalue weighted by Crippen LogP contribution is 2.28. The monoisotopic (exact) mass is 466 g/mol. The lowest BCUT2D eigenvalue weighted by molar-refractivity contribution is 0.0368. The fourth-order valence-corrected chi connectivity index (χ4v) is 4.28. The maximum absolute atomic E-state index is 5.42. The van der Waals surface area contributed by atoms with Gasteiger partial charge >= 0.3 is 0 Å². The molecular weight excluding hydrogens is 444 g/mol. The zero-order valence-electron chi connectivity index (χ0n) is 16.6. The third kappa shape index (κ3) is 4.16. The summed E-state index contributed by atoms with van der Waals surface area (Å²) in [5.41, 5.74) is 2.99. The lowest BCUT2D eigenvalue weighted by Crippen LogP contribution is -2.37. The average Bonchev–Trinajstić information content (AvgIpc) is 3.15. The number of halogens is 1. The van der Waals surface area contributed by atoms with Gasteiger partial charge in [-0.05, 0) is 36.8 Å². The Bertz CT molecular complexity index is 1170. The van der Waals surface area contributed by atoms with Gasteiger partial charge in [-0.2, -0.15) is 5.10 Å². The first-order valence-corrected chi connectivity index (χ1v) is 11.0. The second-order valence-electron chi connectivity index (χ2n) is 7.46. The molecular formula is C22H23BrN6O. The Kier molecular flexibility index (Phi) is 5.61. The van der Waals surface area contributed by atoms with Crippen molar-refractivity contribution in [3.05, 3.63) is 53.4 Å². The number of morpholine rings is 1. The molecule has 1 N–H and O–H groups in total. The first-order valence-electron chi connectivity index (χ1n) is 10.2. The number of hydrogen-bond acceptors (Lipinski definition) is 6. The van der Waals surface area contributed by atoms with E-state index < -0.39 is 0 Å². The summed E-state index contributed by atoms with van der Waals surface area (Å²) in [6, 6.07) is 12.3. The fraction of sp³-hybridized carbons (Fsp3) is 0.318. The smallest absolute Gasteiger partial charge is 0.141 e. The van der Waals surface area contributed by atoms with Crippen LogP contribution in [0.3, 0.4) is 0 Å². The molecule has 5 rings (SSSR count). The molecule has 1 saturated heterocycles. The van der Waals surface area contributed by atoms with Crippen molar-refractivity contribution in [2.24, 2.45) is 0 Å². The first-order chi connectivity index (χ1) is 14.8. The number of aryl methyl sites for hydroxylation is 1. The summed E-state index contributed by atoms with van der Waals surface area (Å²) in [4.78, 5) is 11.4. The molecule has 0 bridgehead atoms. The van der Waals surface area contributed by atoms with Crippen molar-refractivity contribution in [3.63, 3.8) is 0 Å². The summed E-state index contributed by atoms with van der Waals surface area (Å²) in [6.45, 7) is 5.69. The Hall–Kier alpha value is -2.55. The quantitative estimate of drug-likeness (QED) is 0.459. The van der Waals surface area contributed by atoms with E-state index in [9.17, 15) is 0 Å². The second-order valence-corrected chi connectivity index (χ2v) is 8.38. The number of rotatable bonds is 6. The van der Waals surface area contributed by atoms with Crippen molar-refractivity contribution in [3.8, 4) is 0 Å². The number of aromatic nitrogens is 4. The Morgan fingerprint density at radius 1 is 1.07 bits per heavy atom.